The Balaban J connectivity index is 1.94. The number of hydrogen-bond donors (Lipinski definition) is 1. The van der Waals surface area contributed by atoms with Gasteiger partial charge in [-0.15, -0.1) is 0 Å². The third-order valence-electron chi connectivity index (χ3n) is 4.90. The summed E-state index contributed by atoms with van der Waals surface area (Å²) in [5.74, 6) is 0.776. The zero-order valence-electron chi connectivity index (χ0n) is 11.8. The second kappa shape index (κ2) is 5.25. The van der Waals surface area contributed by atoms with E-state index < -0.39 is 0 Å². The maximum Gasteiger partial charge on any atom is 0.0467 e. The molecule has 2 unspecified atom stereocenters. The van der Waals surface area contributed by atoms with Crippen molar-refractivity contribution in [1.82, 2.24) is 9.80 Å². The lowest BCUT2D eigenvalue weighted by Crippen LogP contribution is -2.55. The quantitative estimate of drug-likeness (QED) is 0.763. The smallest absolute Gasteiger partial charge is 0.0467 e. The Morgan fingerprint density at radius 1 is 1.47 bits per heavy atom. The molecule has 3 nitrogen and oxygen atoms in total. The lowest BCUT2D eigenvalue weighted by molar-refractivity contribution is 0.110. The first-order valence-corrected chi connectivity index (χ1v) is 7.26. The molecule has 0 bridgehead atoms. The van der Waals surface area contributed by atoms with Gasteiger partial charge in [-0.25, -0.2) is 0 Å². The lowest BCUT2D eigenvalue weighted by Gasteiger charge is -2.39. The van der Waals surface area contributed by atoms with Crippen LogP contribution in [0.2, 0.25) is 0 Å². The molecule has 0 radical (unpaired) electrons. The first-order chi connectivity index (χ1) is 8.11. The molecule has 0 aromatic heterocycles. The van der Waals surface area contributed by atoms with Gasteiger partial charge in [0.1, 0.15) is 0 Å². The van der Waals surface area contributed by atoms with E-state index in [1.165, 1.54) is 45.3 Å². The maximum absolute atomic E-state index is 6.10. The molecule has 1 saturated carbocycles. The van der Waals surface area contributed by atoms with E-state index in [2.05, 4.69) is 30.7 Å². The van der Waals surface area contributed by atoms with Crippen LogP contribution in [0.15, 0.2) is 0 Å². The average molecular weight is 239 g/mol. The van der Waals surface area contributed by atoms with Crippen LogP contribution in [0.3, 0.4) is 0 Å². The monoisotopic (exact) mass is 239 g/mol. The zero-order valence-corrected chi connectivity index (χ0v) is 11.8. The normalized spacial score (nSPS) is 32.3. The van der Waals surface area contributed by atoms with Gasteiger partial charge in [0.25, 0.3) is 0 Å². The van der Waals surface area contributed by atoms with Crippen molar-refractivity contribution in [3.05, 3.63) is 0 Å². The zero-order chi connectivity index (χ0) is 12.5. The van der Waals surface area contributed by atoms with E-state index in [4.69, 9.17) is 5.73 Å². The Morgan fingerprint density at radius 3 is 2.71 bits per heavy atom. The lowest BCUT2D eigenvalue weighted by atomic mass is 9.95. The Bertz CT molecular complexity index is 252. The Hall–Kier alpha value is -0.120. The highest BCUT2D eigenvalue weighted by molar-refractivity contribution is 5.03. The van der Waals surface area contributed by atoms with Gasteiger partial charge in [0.15, 0.2) is 0 Å². The maximum atomic E-state index is 6.10. The molecule has 2 fully saturated rings. The minimum atomic E-state index is 0.256. The molecule has 3 heteroatoms. The molecule has 1 aliphatic heterocycles. The highest BCUT2D eigenvalue weighted by Crippen LogP contribution is 2.35. The third-order valence-corrected chi connectivity index (χ3v) is 4.90. The number of rotatable bonds is 6. The molecule has 1 saturated heterocycles. The number of likely N-dealkylation sites (tertiary alicyclic amines) is 1. The van der Waals surface area contributed by atoms with E-state index in [0.717, 1.165) is 18.5 Å². The Morgan fingerprint density at radius 2 is 2.18 bits per heavy atom. The molecule has 0 aromatic rings. The van der Waals surface area contributed by atoms with E-state index in [1.54, 1.807) is 0 Å². The highest BCUT2D eigenvalue weighted by Gasteiger charge is 2.44. The molecular weight excluding hydrogens is 210 g/mol. The van der Waals surface area contributed by atoms with Gasteiger partial charge in [-0.1, -0.05) is 20.3 Å². The van der Waals surface area contributed by atoms with Crippen LogP contribution in [-0.2, 0) is 0 Å². The van der Waals surface area contributed by atoms with Crippen LogP contribution in [-0.4, -0.2) is 54.6 Å². The van der Waals surface area contributed by atoms with Gasteiger partial charge < -0.3 is 5.73 Å². The number of nitrogens with zero attached hydrogens (tertiary/aromatic N) is 2. The molecule has 2 aliphatic rings. The van der Waals surface area contributed by atoms with E-state index in [1.807, 2.05) is 0 Å². The largest absolute Gasteiger partial charge is 0.329 e. The first kappa shape index (κ1) is 13.3. The van der Waals surface area contributed by atoms with Crippen LogP contribution in [0, 0.1) is 5.92 Å². The van der Waals surface area contributed by atoms with Gasteiger partial charge >= 0.3 is 0 Å². The van der Waals surface area contributed by atoms with Crippen molar-refractivity contribution in [1.29, 1.82) is 0 Å². The second-order valence-corrected chi connectivity index (χ2v) is 6.27. The average Bonchev–Trinajstić information content (AvgIpc) is 3.09. The van der Waals surface area contributed by atoms with Crippen LogP contribution in [0.5, 0.6) is 0 Å². The number of hydrogen-bond acceptors (Lipinski definition) is 3. The summed E-state index contributed by atoms with van der Waals surface area (Å²) in [5.41, 5.74) is 6.36. The van der Waals surface area contributed by atoms with Gasteiger partial charge in [0.05, 0.1) is 0 Å². The number of likely N-dealkylation sites (N-methyl/N-ethyl adjacent to an activating group) is 1. The molecule has 2 atom stereocenters. The van der Waals surface area contributed by atoms with Crippen molar-refractivity contribution in [2.24, 2.45) is 11.7 Å². The van der Waals surface area contributed by atoms with Crippen molar-refractivity contribution in [2.75, 3.05) is 33.2 Å². The van der Waals surface area contributed by atoms with Crippen LogP contribution in [0.25, 0.3) is 0 Å². The Kier molecular flexibility index (Phi) is 4.11. The van der Waals surface area contributed by atoms with Crippen LogP contribution in [0.1, 0.15) is 39.5 Å². The molecule has 0 aromatic carbocycles. The van der Waals surface area contributed by atoms with Gasteiger partial charge in [-0.2, -0.15) is 0 Å². The molecule has 100 valence electrons. The van der Waals surface area contributed by atoms with E-state index in [0.29, 0.717) is 0 Å². The van der Waals surface area contributed by atoms with Gasteiger partial charge in [-0.05, 0) is 32.2 Å². The topological polar surface area (TPSA) is 32.5 Å². The summed E-state index contributed by atoms with van der Waals surface area (Å²) < 4.78 is 0. The fourth-order valence-electron chi connectivity index (χ4n) is 3.06. The van der Waals surface area contributed by atoms with Crippen molar-refractivity contribution >= 4 is 0 Å². The predicted octanol–water partition coefficient (Wildman–Crippen LogP) is 1.53. The van der Waals surface area contributed by atoms with Crippen molar-refractivity contribution in [3.8, 4) is 0 Å². The van der Waals surface area contributed by atoms with Gasteiger partial charge in [0, 0.05) is 37.8 Å². The fraction of sp³-hybridized carbons (Fsp3) is 1.00. The first-order valence-electron chi connectivity index (χ1n) is 7.26. The molecule has 2 rings (SSSR count). The molecule has 17 heavy (non-hydrogen) atoms. The third kappa shape index (κ3) is 2.83. The summed E-state index contributed by atoms with van der Waals surface area (Å²) >= 11 is 0. The van der Waals surface area contributed by atoms with Crippen LogP contribution < -0.4 is 5.73 Å². The van der Waals surface area contributed by atoms with Crippen LogP contribution >= 0.6 is 0 Å². The van der Waals surface area contributed by atoms with E-state index in [9.17, 15) is 0 Å². The van der Waals surface area contributed by atoms with Crippen molar-refractivity contribution in [2.45, 2.75) is 51.1 Å². The predicted molar refractivity (Wildman–Crippen MR) is 73.1 cm³/mol. The summed E-state index contributed by atoms with van der Waals surface area (Å²) in [6.07, 6.45) is 5.34. The summed E-state index contributed by atoms with van der Waals surface area (Å²) in [4.78, 5) is 5.21. The molecular formula is C14H29N3. The van der Waals surface area contributed by atoms with Gasteiger partial charge in [0.2, 0.25) is 0 Å². The summed E-state index contributed by atoms with van der Waals surface area (Å²) in [7, 11) is 2.27. The highest BCUT2D eigenvalue weighted by atomic mass is 15.3. The number of nitrogens with two attached hydrogens (primary N) is 1. The molecule has 0 spiro atoms. The van der Waals surface area contributed by atoms with Crippen molar-refractivity contribution in [3.63, 3.8) is 0 Å². The SMILES string of the molecule is CCC(C)CN(C)C1(CN)CCN(C2CC2)C1. The molecule has 1 heterocycles. The van der Waals surface area contributed by atoms with Gasteiger partial charge in [-0.3, -0.25) is 9.80 Å². The second-order valence-electron chi connectivity index (χ2n) is 6.27. The minimum absolute atomic E-state index is 0.256. The summed E-state index contributed by atoms with van der Waals surface area (Å²) in [5, 5.41) is 0. The fourth-order valence-corrected chi connectivity index (χ4v) is 3.06. The van der Waals surface area contributed by atoms with E-state index >= 15 is 0 Å². The van der Waals surface area contributed by atoms with Crippen LogP contribution in [0.4, 0.5) is 0 Å². The standard InChI is InChI=1S/C14H29N3/c1-4-12(2)9-16(3)14(10-15)7-8-17(11-14)13-5-6-13/h12-13H,4-11,15H2,1-3H3. The van der Waals surface area contributed by atoms with Crippen molar-refractivity contribution < 1.29 is 0 Å². The molecule has 1 aliphatic carbocycles. The Labute approximate surface area is 106 Å². The van der Waals surface area contributed by atoms with E-state index in [-0.39, 0.29) is 5.54 Å². The molecule has 0 amide bonds. The minimum Gasteiger partial charge on any atom is -0.329 e. The summed E-state index contributed by atoms with van der Waals surface area (Å²) in [6.45, 7) is 9.07. The molecule has 2 N–H and O–H groups in total. The summed E-state index contributed by atoms with van der Waals surface area (Å²) in [6, 6.07) is 0.889.